The van der Waals surface area contributed by atoms with E-state index in [1.807, 2.05) is 0 Å². The summed E-state index contributed by atoms with van der Waals surface area (Å²) in [6.45, 7) is 0. The summed E-state index contributed by atoms with van der Waals surface area (Å²) in [4.78, 5) is 0. The van der Waals surface area contributed by atoms with Crippen molar-refractivity contribution >= 4 is 0 Å². The van der Waals surface area contributed by atoms with Crippen LogP contribution in [0.4, 0.5) is 0 Å². The van der Waals surface area contributed by atoms with Crippen molar-refractivity contribution in [1.29, 1.82) is 0 Å². The monoisotopic (exact) mass is 178 g/mol. The average Bonchev–Trinajstić information content (AvgIpc) is 2.08. The van der Waals surface area contributed by atoms with E-state index >= 15 is 0 Å². The Morgan fingerprint density at radius 3 is 2.08 bits per heavy atom. The fourth-order valence-electron chi connectivity index (χ4n) is 1.40. The first-order valence-electron chi connectivity index (χ1n) is 3.83. The van der Waals surface area contributed by atoms with E-state index in [9.17, 15) is 10.2 Å². The third kappa shape index (κ3) is 1.60. The molecule has 0 aliphatic heterocycles. The van der Waals surface area contributed by atoms with Crippen molar-refractivity contribution in [1.82, 2.24) is 0 Å². The standard InChI is InChI=1S/C7H14O5/c1-12-4-2-3(8)5(9)7(11)6(4)10/h3-11H,2H2,1H3/t3-,4-,5-,6+,7+/m0/s1. The van der Waals surface area contributed by atoms with Gasteiger partial charge < -0.3 is 25.2 Å². The zero-order valence-corrected chi connectivity index (χ0v) is 6.79. The minimum absolute atomic E-state index is 0.135. The molecule has 1 fully saturated rings. The normalized spacial score (nSPS) is 49.2. The molecule has 1 aliphatic rings. The van der Waals surface area contributed by atoms with E-state index in [4.69, 9.17) is 14.9 Å². The van der Waals surface area contributed by atoms with Gasteiger partial charge in [-0.1, -0.05) is 0 Å². The van der Waals surface area contributed by atoms with Crippen LogP contribution in [0.1, 0.15) is 6.42 Å². The van der Waals surface area contributed by atoms with Gasteiger partial charge in [-0.3, -0.25) is 0 Å². The highest BCUT2D eigenvalue weighted by atomic mass is 16.5. The summed E-state index contributed by atoms with van der Waals surface area (Å²) in [5.41, 5.74) is 0. The second kappa shape index (κ2) is 3.68. The Kier molecular flexibility index (Phi) is 3.03. The van der Waals surface area contributed by atoms with Gasteiger partial charge in [-0.15, -0.1) is 0 Å². The van der Waals surface area contributed by atoms with E-state index < -0.39 is 30.5 Å². The topological polar surface area (TPSA) is 90.2 Å². The SMILES string of the molecule is CO[C@H]1C[C@H](O)[C@H](O)[C@@H](O)[C@@H]1O. The molecule has 0 saturated heterocycles. The molecular formula is C7H14O5. The molecule has 0 heterocycles. The van der Waals surface area contributed by atoms with Crippen LogP contribution in [-0.4, -0.2) is 58.1 Å². The molecule has 5 atom stereocenters. The molecule has 72 valence electrons. The van der Waals surface area contributed by atoms with Gasteiger partial charge >= 0.3 is 0 Å². The molecule has 0 aromatic heterocycles. The van der Waals surface area contributed by atoms with E-state index in [1.165, 1.54) is 7.11 Å². The summed E-state index contributed by atoms with van der Waals surface area (Å²) in [5, 5.41) is 36.7. The van der Waals surface area contributed by atoms with Gasteiger partial charge in [-0.25, -0.2) is 0 Å². The molecule has 1 rings (SSSR count). The summed E-state index contributed by atoms with van der Waals surface area (Å²) in [6, 6.07) is 0. The Hall–Kier alpha value is -0.200. The van der Waals surface area contributed by atoms with Crippen LogP contribution in [0.25, 0.3) is 0 Å². The van der Waals surface area contributed by atoms with Crippen LogP contribution in [0.15, 0.2) is 0 Å². The van der Waals surface area contributed by atoms with E-state index in [0.717, 1.165) is 0 Å². The predicted octanol–water partition coefficient (Wildman–Crippen LogP) is -2.15. The Labute approximate surface area is 70.2 Å². The number of hydrogen-bond acceptors (Lipinski definition) is 5. The van der Waals surface area contributed by atoms with Crippen molar-refractivity contribution < 1.29 is 25.2 Å². The first kappa shape index (κ1) is 9.88. The summed E-state index contributed by atoms with van der Waals surface area (Å²) in [6.07, 6.45) is -5.26. The molecule has 1 aliphatic carbocycles. The largest absolute Gasteiger partial charge is 0.390 e. The second-order valence-electron chi connectivity index (χ2n) is 3.05. The lowest BCUT2D eigenvalue weighted by molar-refractivity contribution is -0.183. The number of rotatable bonds is 1. The molecular weight excluding hydrogens is 164 g/mol. The molecule has 0 unspecified atom stereocenters. The lowest BCUT2D eigenvalue weighted by Gasteiger charge is -2.37. The van der Waals surface area contributed by atoms with Gasteiger partial charge in [0.05, 0.1) is 12.2 Å². The first-order valence-corrected chi connectivity index (χ1v) is 3.83. The van der Waals surface area contributed by atoms with Crippen molar-refractivity contribution in [2.45, 2.75) is 36.9 Å². The van der Waals surface area contributed by atoms with E-state index in [2.05, 4.69) is 0 Å². The fraction of sp³-hybridized carbons (Fsp3) is 1.00. The summed E-state index contributed by atoms with van der Waals surface area (Å²) >= 11 is 0. The van der Waals surface area contributed by atoms with E-state index in [-0.39, 0.29) is 6.42 Å². The lowest BCUT2D eigenvalue weighted by Crippen LogP contribution is -2.56. The highest BCUT2D eigenvalue weighted by molar-refractivity contribution is 4.93. The molecule has 0 bridgehead atoms. The molecule has 12 heavy (non-hydrogen) atoms. The Morgan fingerprint density at radius 1 is 1.00 bits per heavy atom. The third-order valence-corrected chi connectivity index (χ3v) is 2.25. The van der Waals surface area contributed by atoms with Gasteiger partial charge in [-0.2, -0.15) is 0 Å². The van der Waals surface area contributed by atoms with Crippen LogP contribution in [0.3, 0.4) is 0 Å². The first-order chi connectivity index (χ1) is 5.57. The highest BCUT2D eigenvalue weighted by Gasteiger charge is 2.41. The Balaban J connectivity index is 2.63. The van der Waals surface area contributed by atoms with E-state index in [1.54, 1.807) is 0 Å². The fourth-order valence-corrected chi connectivity index (χ4v) is 1.40. The third-order valence-electron chi connectivity index (χ3n) is 2.25. The Morgan fingerprint density at radius 2 is 1.58 bits per heavy atom. The molecule has 5 heteroatoms. The molecule has 0 aromatic carbocycles. The van der Waals surface area contributed by atoms with Crippen molar-refractivity contribution in [3.05, 3.63) is 0 Å². The minimum atomic E-state index is -1.33. The maximum atomic E-state index is 9.28. The van der Waals surface area contributed by atoms with Crippen molar-refractivity contribution in [2.75, 3.05) is 7.11 Å². The molecule has 0 radical (unpaired) electrons. The van der Waals surface area contributed by atoms with Gasteiger partial charge in [0.25, 0.3) is 0 Å². The summed E-state index contributed by atoms with van der Waals surface area (Å²) in [7, 11) is 1.38. The number of hydrogen-bond donors (Lipinski definition) is 4. The Bertz CT molecular complexity index is 146. The lowest BCUT2D eigenvalue weighted by atomic mass is 9.87. The van der Waals surface area contributed by atoms with Gasteiger partial charge in [-0.05, 0) is 0 Å². The van der Waals surface area contributed by atoms with Crippen LogP contribution in [-0.2, 0) is 4.74 Å². The molecule has 0 amide bonds. The molecule has 0 spiro atoms. The summed E-state index contributed by atoms with van der Waals surface area (Å²) in [5.74, 6) is 0. The van der Waals surface area contributed by atoms with Gasteiger partial charge in [0.2, 0.25) is 0 Å². The maximum absolute atomic E-state index is 9.28. The van der Waals surface area contributed by atoms with Gasteiger partial charge in [0, 0.05) is 13.5 Å². The van der Waals surface area contributed by atoms with Crippen LogP contribution >= 0.6 is 0 Å². The number of aliphatic hydroxyl groups is 4. The molecule has 4 N–H and O–H groups in total. The molecule has 5 nitrogen and oxygen atoms in total. The summed E-state index contributed by atoms with van der Waals surface area (Å²) < 4.78 is 4.81. The average molecular weight is 178 g/mol. The molecule has 1 saturated carbocycles. The zero-order chi connectivity index (χ0) is 9.30. The number of ether oxygens (including phenoxy) is 1. The van der Waals surface area contributed by atoms with Crippen LogP contribution in [0, 0.1) is 0 Å². The maximum Gasteiger partial charge on any atom is 0.111 e. The highest BCUT2D eigenvalue weighted by Crippen LogP contribution is 2.22. The van der Waals surface area contributed by atoms with E-state index in [0.29, 0.717) is 0 Å². The number of methoxy groups -OCH3 is 1. The second-order valence-corrected chi connectivity index (χ2v) is 3.05. The van der Waals surface area contributed by atoms with Crippen molar-refractivity contribution in [2.24, 2.45) is 0 Å². The zero-order valence-electron chi connectivity index (χ0n) is 6.79. The van der Waals surface area contributed by atoms with Crippen LogP contribution in [0.2, 0.25) is 0 Å². The smallest absolute Gasteiger partial charge is 0.111 e. The van der Waals surface area contributed by atoms with Crippen molar-refractivity contribution in [3.8, 4) is 0 Å². The van der Waals surface area contributed by atoms with Gasteiger partial charge in [0.15, 0.2) is 0 Å². The molecule has 0 aromatic rings. The van der Waals surface area contributed by atoms with Crippen LogP contribution < -0.4 is 0 Å². The predicted molar refractivity (Wildman–Crippen MR) is 39.4 cm³/mol. The minimum Gasteiger partial charge on any atom is -0.390 e. The van der Waals surface area contributed by atoms with Crippen molar-refractivity contribution in [3.63, 3.8) is 0 Å². The van der Waals surface area contributed by atoms with Gasteiger partial charge in [0.1, 0.15) is 18.3 Å². The van der Waals surface area contributed by atoms with Crippen LogP contribution in [0.5, 0.6) is 0 Å². The quantitative estimate of drug-likeness (QED) is 0.367. The number of aliphatic hydroxyl groups excluding tert-OH is 4.